The number of amides is 2. The van der Waals surface area contributed by atoms with Crippen LogP contribution in [0.5, 0.6) is 0 Å². The minimum atomic E-state index is -2.65. The van der Waals surface area contributed by atoms with Crippen LogP contribution in [0.25, 0.3) is 0 Å². The molecule has 0 aliphatic heterocycles. The first-order chi connectivity index (χ1) is 9.06. The number of alkyl halides is 2. The second-order valence-corrected chi connectivity index (χ2v) is 3.90. The van der Waals surface area contributed by atoms with Gasteiger partial charge in [0, 0.05) is 18.8 Å². The van der Waals surface area contributed by atoms with E-state index in [1.807, 2.05) is 0 Å². The first-order valence-corrected chi connectivity index (χ1v) is 5.80. The summed E-state index contributed by atoms with van der Waals surface area (Å²) in [7, 11) is 0. The molecule has 0 spiro atoms. The van der Waals surface area contributed by atoms with Gasteiger partial charge in [0.15, 0.2) is 0 Å². The van der Waals surface area contributed by atoms with Gasteiger partial charge in [-0.15, -0.1) is 0 Å². The second kappa shape index (κ2) is 7.65. The lowest BCUT2D eigenvalue weighted by Crippen LogP contribution is -2.40. The molecule has 0 aromatic heterocycles. The normalized spacial score (nSPS) is 10.6. The number of urea groups is 1. The highest BCUT2D eigenvalue weighted by Crippen LogP contribution is 2.11. The van der Waals surface area contributed by atoms with Crippen LogP contribution in [-0.2, 0) is 6.54 Å². The summed E-state index contributed by atoms with van der Waals surface area (Å²) in [6.07, 6.45) is -2.65. The Morgan fingerprint density at radius 3 is 2.79 bits per heavy atom. The lowest BCUT2D eigenvalue weighted by Gasteiger charge is -2.21. The number of halogens is 2. The zero-order valence-electron chi connectivity index (χ0n) is 10.4. The smallest absolute Gasteiger partial charge is 0.322 e. The van der Waals surface area contributed by atoms with Gasteiger partial charge in [0.05, 0.1) is 13.2 Å². The zero-order chi connectivity index (χ0) is 14.3. The van der Waals surface area contributed by atoms with Crippen molar-refractivity contribution in [1.29, 1.82) is 0 Å². The summed E-state index contributed by atoms with van der Waals surface area (Å²) in [4.78, 5) is 12.6. The van der Waals surface area contributed by atoms with Crippen molar-refractivity contribution in [2.75, 3.05) is 25.0 Å². The number of hydrogen-bond donors (Lipinski definition) is 3. The summed E-state index contributed by atoms with van der Waals surface area (Å²) in [6.45, 7) is -0.917. The average Bonchev–Trinajstić information content (AvgIpc) is 2.38. The van der Waals surface area contributed by atoms with Crippen molar-refractivity contribution >= 4 is 11.7 Å². The monoisotopic (exact) mass is 273 g/mol. The number of aliphatic hydroxyl groups excluding tert-OH is 1. The number of nitrogens with one attached hydrogen (secondary N) is 1. The maximum atomic E-state index is 12.3. The highest BCUT2D eigenvalue weighted by atomic mass is 19.3. The maximum absolute atomic E-state index is 12.3. The molecule has 4 N–H and O–H groups in total. The Morgan fingerprint density at radius 2 is 2.21 bits per heavy atom. The topological polar surface area (TPSA) is 78.6 Å². The molecule has 0 aliphatic carbocycles. The molecule has 2 amide bonds. The van der Waals surface area contributed by atoms with Gasteiger partial charge in [0.25, 0.3) is 6.43 Å². The number of carbonyl (C=O) groups is 1. The maximum Gasteiger partial charge on any atom is 0.322 e. The Kier molecular flexibility index (Phi) is 6.17. The molecule has 5 nitrogen and oxygen atoms in total. The fraction of sp³-hybridized carbons (Fsp3) is 0.417. The van der Waals surface area contributed by atoms with E-state index in [0.29, 0.717) is 12.2 Å². The molecule has 0 unspecified atom stereocenters. The van der Waals surface area contributed by atoms with Crippen LogP contribution in [0.4, 0.5) is 19.3 Å². The number of aliphatic hydroxyl groups is 1. The Balaban J connectivity index is 2.69. The Hall–Kier alpha value is -1.73. The van der Waals surface area contributed by atoms with Crippen LogP contribution in [0.2, 0.25) is 0 Å². The van der Waals surface area contributed by atoms with Gasteiger partial charge < -0.3 is 21.1 Å². The standard InChI is InChI=1S/C12H17F2N3O2/c13-11(14)8-17(4-5-18)12(19)16-10-3-1-2-9(6-10)7-15/h1-3,6,11,18H,4-5,7-8,15H2,(H,16,19). The molecule has 0 aliphatic rings. The van der Waals surface area contributed by atoms with Crippen molar-refractivity contribution in [3.05, 3.63) is 29.8 Å². The van der Waals surface area contributed by atoms with E-state index in [1.165, 1.54) is 0 Å². The molecular weight excluding hydrogens is 256 g/mol. The summed E-state index contributed by atoms with van der Waals surface area (Å²) in [5.41, 5.74) is 6.76. The van der Waals surface area contributed by atoms with Crippen LogP contribution in [-0.4, -0.2) is 42.2 Å². The van der Waals surface area contributed by atoms with Crippen LogP contribution in [0.15, 0.2) is 24.3 Å². The van der Waals surface area contributed by atoms with Gasteiger partial charge in [0.1, 0.15) is 0 Å². The summed E-state index contributed by atoms with van der Waals surface area (Å²) >= 11 is 0. The average molecular weight is 273 g/mol. The first kappa shape index (κ1) is 15.3. The molecule has 0 saturated carbocycles. The molecule has 1 aromatic carbocycles. The first-order valence-electron chi connectivity index (χ1n) is 5.80. The van der Waals surface area contributed by atoms with Gasteiger partial charge in [-0.2, -0.15) is 0 Å². The Bertz CT molecular complexity index is 416. The minimum Gasteiger partial charge on any atom is -0.395 e. The van der Waals surface area contributed by atoms with Crippen LogP contribution >= 0.6 is 0 Å². The number of nitrogens with two attached hydrogens (primary N) is 1. The predicted octanol–water partition coefficient (Wildman–Crippen LogP) is 1.24. The molecule has 0 bridgehead atoms. The highest BCUT2D eigenvalue weighted by Gasteiger charge is 2.17. The van der Waals surface area contributed by atoms with Crippen molar-refractivity contribution in [3.63, 3.8) is 0 Å². The van der Waals surface area contributed by atoms with Crippen molar-refractivity contribution in [2.45, 2.75) is 13.0 Å². The number of hydrogen-bond acceptors (Lipinski definition) is 3. The van der Waals surface area contributed by atoms with Crippen molar-refractivity contribution in [1.82, 2.24) is 4.90 Å². The van der Waals surface area contributed by atoms with E-state index in [1.54, 1.807) is 24.3 Å². The minimum absolute atomic E-state index is 0.146. The van der Waals surface area contributed by atoms with E-state index >= 15 is 0 Å². The molecule has 106 valence electrons. The summed E-state index contributed by atoms with van der Waals surface area (Å²) in [5.74, 6) is 0. The number of rotatable bonds is 6. The summed E-state index contributed by atoms with van der Waals surface area (Å²) < 4.78 is 24.6. The van der Waals surface area contributed by atoms with E-state index in [0.717, 1.165) is 10.5 Å². The van der Waals surface area contributed by atoms with Crippen LogP contribution in [0, 0.1) is 0 Å². The van der Waals surface area contributed by atoms with E-state index in [-0.39, 0.29) is 13.2 Å². The lowest BCUT2D eigenvalue weighted by molar-refractivity contribution is 0.0943. The van der Waals surface area contributed by atoms with Gasteiger partial charge in [-0.05, 0) is 17.7 Å². The summed E-state index contributed by atoms with van der Waals surface area (Å²) in [5, 5.41) is 11.3. The van der Waals surface area contributed by atoms with E-state index in [9.17, 15) is 13.6 Å². The van der Waals surface area contributed by atoms with Gasteiger partial charge in [-0.3, -0.25) is 0 Å². The molecule has 7 heteroatoms. The molecule has 0 heterocycles. The number of anilines is 1. The number of nitrogens with zero attached hydrogens (tertiary/aromatic N) is 1. The largest absolute Gasteiger partial charge is 0.395 e. The molecule has 1 aromatic rings. The third kappa shape index (κ3) is 5.19. The number of benzene rings is 1. The molecular formula is C12H17F2N3O2. The van der Waals surface area contributed by atoms with Gasteiger partial charge in [-0.25, -0.2) is 13.6 Å². The van der Waals surface area contributed by atoms with Gasteiger partial charge in [0.2, 0.25) is 0 Å². The predicted molar refractivity (Wildman–Crippen MR) is 68.0 cm³/mol. The fourth-order valence-corrected chi connectivity index (χ4v) is 1.54. The van der Waals surface area contributed by atoms with Crippen molar-refractivity contribution < 1.29 is 18.7 Å². The quantitative estimate of drug-likeness (QED) is 0.729. The third-order valence-electron chi connectivity index (χ3n) is 2.43. The highest BCUT2D eigenvalue weighted by molar-refractivity contribution is 5.89. The zero-order valence-corrected chi connectivity index (χ0v) is 10.4. The van der Waals surface area contributed by atoms with Gasteiger partial charge >= 0.3 is 6.03 Å². The summed E-state index contributed by atoms with van der Waals surface area (Å²) in [6, 6.07) is 6.12. The van der Waals surface area contributed by atoms with Crippen LogP contribution in [0.3, 0.4) is 0 Å². The SMILES string of the molecule is NCc1cccc(NC(=O)N(CCO)CC(F)F)c1. The van der Waals surface area contributed by atoms with Crippen LogP contribution < -0.4 is 11.1 Å². The molecule has 0 fully saturated rings. The fourth-order valence-electron chi connectivity index (χ4n) is 1.54. The Morgan fingerprint density at radius 1 is 1.47 bits per heavy atom. The molecule has 1 rings (SSSR count). The van der Waals surface area contributed by atoms with E-state index < -0.39 is 19.0 Å². The molecule has 0 saturated heterocycles. The Labute approximate surface area is 110 Å². The number of carbonyl (C=O) groups excluding carboxylic acids is 1. The van der Waals surface area contributed by atoms with Crippen molar-refractivity contribution in [3.8, 4) is 0 Å². The van der Waals surface area contributed by atoms with Gasteiger partial charge in [-0.1, -0.05) is 12.1 Å². The van der Waals surface area contributed by atoms with E-state index in [2.05, 4.69) is 5.32 Å². The molecule has 0 atom stereocenters. The molecule has 0 radical (unpaired) electrons. The van der Waals surface area contributed by atoms with E-state index in [4.69, 9.17) is 10.8 Å². The lowest BCUT2D eigenvalue weighted by atomic mass is 10.2. The van der Waals surface area contributed by atoms with Crippen LogP contribution in [0.1, 0.15) is 5.56 Å². The second-order valence-electron chi connectivity index (χ2n) is 3.90. The van der Waals surface area contributed by atoms with Crippen molar-refractivity contribution in [2.24, 2.45) is 5.73 Å². The third-order valence-corrected chi connectivity index (χ3v) is 2.43. The molecule has 19 heavy (non-hydrogen) atoms.